The van der Waals surface area contributed by atoms with Crippen molar-refractivity contribution in [3.8, 4) is 0 Å². The predicted octanol–water partition coefficient (Wildman–Crippen LogP) is 1.90. The highest BCUT2D eigenvalue weighted by atomic mass is 16.3. The fourth-order valence-electron chi connectivity index (χ4n) is 4.08. The molecule has 148 valence electrons. The van der Waals surface area contributed by atoms with Crippen molar-refractivity contribution in [2.75, 3.05) is 0 Å². The number of hydrogen-bond donors (Lipinski definition) is 2. The summed E-state index contributed by atoms with van der Waals surface area (Å²) in [5.41, 5.74) is 0. The molecule has 2 aliphatic rings. The Hall–Kier alpha value is -1.47. The number of nitrogens with zero attached hydrogens (tertiary/aromatic N) is 2. The Labute approximate surface area is 155 Å². The summed E-state index contributed by atoms with van der Waals surface area (Å²) in [4.78, 5) is 41.2. The monoisotopic (exact) mass is 368 g/mol. The zero-order valence-corrected chi connectivity index (χ0v) is 16.2. The quantitative estimate of drug-likeness (QED) is 0.746. The third-order valence-corrected chi connectivity index (χ3v) is 6.01. The Morgan fingerprint density at radius 1 is 0.923 bits per heavy atom. The number of carbonyl (C=O) groups is 3. The van der Waals surface area contributed by atoms with Gasteiger partial charge in [-0.1, -0.05) is 40.5 Å². The Bertz CT molecular complexity index is 506. The minimum absolute atomic E-state index is 0.329. The first-order chi connectivity index (χ1) is 12.3. The molecule has 7 heteroatoms. The molecule has 4 amide bonds. The summed E-state index contributed by atoms with van der Waals surface area (Å²) < 4.78 is 0. The molecular formula is C19H32N2O5. The van der Waals surface area contributed by atoms with Crippen LogP contribution in [0, 0.1) is 11.8 Å². The van der Waals surface area contributed by atoms with Crippen LogP contribution in [0.15, 0.2) is 0 Å². The lowest BCUT2D eigenvalue weighted by atomic mass is 9.88. The van der Waals surface area contributed by atoms with Crippen molar-refractivity contribution in [1.29, 1.82) is 0 Å². The van der Waals surface area contributed by atoms with Gasteiger partial charge in [0.1, 0.15) is 0 Å². The smallest absolute Gasteiger partial charge is 0.334 e. The van der Waals surface area contributed by atoms with Crippen LogP contribution in [0.3, 0.4) is 0 Å². The van der Waals surface area contributed by atoms with Crippen molar-refractivity contribution in [2.24, 2.45) is 11.8 Å². The summed E-state index contributed by atoms with van der Waals surface area (Å²) in [5.74, 6) is -2.22. The fourth-order valence-corrected chi connectivity index (χ4v) is 4.08. The summed E-state index contributed by atoms with van der Waals surface area (Å²) in [6, 6.07) is -1.25. The molecule has 1 aliphatic carbocycles. The van der Waals surface area contributed by atoms with Gasteiger partial charge in [0.15, 0.2) is 0 Å². The molecule has 1 saturated carbocycles. The first-order valence-electron chi connectivity index (χ1n) is 9.82. The van der Waals surface area contributed by atoms with Crippen LogP contribution in [0.1, 0.15) is 66.2 Å². The topological polar surface area (TPSA) is 98.2 Å². The van der Waals surface area contributed by atoms with E-state index in [1.54, 1.807) is 27.7 Å². The zero-order valence-electron chi connectivity index (χ0n) is 16.2. The lowest BCUT2D eigenvalue weighted by Gasteiger charge is -2.32. The summed E-state index contributed by atoms with van der Waals surface area (Å²) in [6.45, 7) is 6.81. The molecule has 26 heavy (non-hydrogen) atoms. The Balaban J connectivity index is 2.30. The number of fused-ring (bicyclic) bond motifs is 1. The molecular weight excluding hydrogens is 336 g/mol. The molecule has 0 aromatic rings. The van der Waals surface area contributed by atoms with Crippen molar-refractivity contribution < 1.29 is 24.6 Å². The Kier molecular flexibility index (Phi) is 6.80. The van der Waals surface area contributed by atoms with Gasteiger partial charge in [0, 0.05) is 0 Å². The number of imide groups is 2. The normalized spacial score (nSPS) is 27.7. The van der Waals surface area contributed by atoms with E-state index in [-0.39, 0.29) is 12.1 Å². The second-order valence-electron chi connectivity index (χ2n) is 7.65. The van der Waals surface area contributed by atoms with Gasteiger partial charge in [-0.05, 0) is 25.7 Å². The number of amides is 4. The first-order valence-corrected chi connectivity index (χ1v) is 9.82. The van der Waals surface area contributed by atoms with Crippen LogP contribution in [-0.2, 0) is 9.59 Å². The van der Waals surface area contributed by atoms with Gasteiger partial charge in [-0.3, -0.25) is 19.4 Å². The lowest BCUT2D eigenvalue weighted by molar-refractivity contribution is -0.137. The maximum atomic E-state index is 13.0. The van der Waals surface area contributed by atoms with Crippen molar-refractivity contribution in [2.45, 2.75) is 90.5 Å². The number of carbonyl (C=O) groups excluding carboxylic acids is 3. The van der Waals surface area contributed by atoms with E-state index < -0.39 is 41.9 Å². The summed E-state index contributed by atoms with van der Waals surface area (Å²) in [5, 5.41) is 20.1. The molecule has 7 nitrogen and oxygen atoms in total. The minimum Gasteiger partial charge on any atom is -0.392 e. The molecule has 1 heterocycles. The molecule has 0 unspecified atom stereocenters. The summed E-state index contributed by atoms with van der Waals surface area (Å²) in [7, 11) is 0. The third-order valence-electron chi connectivity index (χ3n) is 6.01. The van der Waals surface area contributed by atoms with E-state index in [1.807, 2.05) is 0 Å². The molecule has 0 aromatic heterocycles. The van der Waals surface area contributed by atoms with Crippen molar-refractivity contribution >= 4 is 17.8 Å². The van der Waals surface area contributed by atoms with Gasteiger partial charge in [0.05, 0.1) is 36.1 Å². The van der Waals surface area contributed by atoms with Crippen LogP contribution in [0.2, 0.25) is 0 Å². The molecule has 2 fully saturated rings. The third kappa shape index (κ3) is 3.64. The molecule has 0 aromatic carbocycles. The van der Waals surface area contributed by atoms with Gasteiger partial charge in [0.25, 0.3) is 0 Å². The first kappa shape index (κ1) is 20.8. The Morgan fingerprint density at radius 2 is 1.27 bits per heavy atom. The van der Waals surface area contributed by atoms with Crippen molar-refractivity contribution in [3.05, 3.63) is 0 Å². The number of rotatable bonds is 6. The number of hydrogen-bond acceptors (Lipinski definition) is 5. The van der Waals surface area contributed by atoms with Gasteiger partial charge in [-0.15, -0.1) is 0 Å². The van der Waals surface area contributed by atoms with Crippen LogP contribution >= 0.6 is 0 Å². The molecule has 2 N–H and O–H groups in total. The number of aliphatic hydroxyl groups excluding tert-OH is 2. The highest BCUT2D eigenvalue weighted by molar-refractivity contribution is 6.05. The van der Waals surface area contributed by atoms with E-state index in [4.69, 9.17) is 0 Å². The maximum Gasteiger partial charge on any atom is 0.334 e. The minimum atomic E-state index is -0.817. The van der Waals surface area contributed by atoms with Gasteiger partial charge >= 0.3 is 6.03 Å². The summed E-state index contributed by atoms with van der Waals surface area (Å²) in [6.07, 6.45) is 2.36. The van der Waals surface area contributed by atoms with Gasteiger partial charge in [0.2, 0.25) is 11.8 Å². The predicted molar refractivity (Wildman–Crippen MR) is 96.1 cm³/mol. The Morgan fingerprint density at radius 3 is 1.58 bits per heavy atom. The average molecular weight is 368 g/mol. The van der Waals surface area contributed by atoms with Gasteiger partial charge < -0.3 is 10.2 Å². The highest BCUT2D eigenvalue weighted by Crippen LogP contribution is 2.36. The fraction of sp³-hybridized carbons (Fsp3) is 0.842. The SMILES string of the molecule is CC[C@H](O)[C@@H](C)C(=O)N1C(=O)N(C(=O)[C@H](C)[C@@H](O)CC)[C@@H]2CCCC[C@H]21. The summed E-state index contributed by atoms with van der Waals surface area (Å²) >= 11 is 0. The standard InChI is InChI=1S/C19H32N2O5/c1-5-15(22)11(3)17(24)20-13-9-7-8-10-14(13)21(19(20)26)18(25)12(4)16(23)6-2/h11-16,22-23H,5-10H2,1-4H3/t11-,12-,13-,14-,15+,16+/m1/s1. The van der Waals surface area contributed by atoms with Gasteiger partial charge in [-0.25, -0.2) is 4.79 Å². The van der Waals surface area contributed by atoms with Crippen molar-refractivity contribution in [1.82, 2.24) is 9.80 Å². The average Bonchev–Trinajstić information content (AvgIpc) is 2.95. The van der Waals surface area contributed by atoms with Crippen LogP contribution < -0.4 is 0 Å². The maximum absolute atomic E-state index is 13.0. The molecule has 6 atom stereocenters. The number of aliphatic hydroxyl groups is 2. The van der Waals surface area contributed by atoms with Crippen molar-refractivity contribution in [3.63, 3.8) is 0 Å². The van der Waals surface area contributed by atoms with Gasteiger partial charge in [-0.2, -0.15) is 0 Å². The van der Waals surface area contributed by atoms with E-state index in [0.717, 1.165) is 12.8 Å². The molecule has 1 aliphatic heterocycles. The van der Waals surface area contributed by atoms with Crippen LogP contribution in [0.5, 0.6) is 0 Å². The molecule has 2 rings (SSSR count). The highest BCUT2D eigenvalue weighted by Gasteiger charge is 2.53. The molecule has 1 saturated heterocycles. The van der Waals surface area contributed by atoms with E-state index in [1.165, 1.54) is 9.80 Å². The van der Waals surface area contributed by atoms with Crippen LogP contribution in [0.4, 0.5) is 4.79 Å². The molecule has 0 bridgehead atoms. The molecule has 0 radical (unpaired) electrons. The van der Waals surface area contributed by atoms with E-state index in [2.05, 4.69) is 0 Å². The number of urea groups is 1. The second-order valence-corrected chi connectivity index (χ2v) is 7.65. The molecule has 0 spiro atoms. The van der Waals surface area contributed by atoms with Crippen LogP contribution in [0.25, 0.3) is 0 Å². The second kappa shape index (κ2) is 8.48. The van der Waals surface area contributed by atoms with Crippen LogP contribution in [-0.4, -0.2) is 62.1 Å². The largest absolute Gasteiger partial charge is 0.392 e. The zero-order chi connectivity index (χ0) is 19.6. The van der Waals surface area contributed by atoms with E-state index in [9.17, 15) is 24.6 Å². The van der Waals surface area contributed by atoms with E-state index >= 15 is 0 Å². The van der Waals surface area contributed by atoms with E-state index in [0.29, 0.717) is 25.7 Å². The lowest BCUT2D eigenvalue weighted by Crippen LogP contribution is -2.47.